The maximum Gasteiger partial charge on any atom is 0.123 e. The predicted molar refractivity (Wildman–Crippen MR) is 76.0 cm³/mol. The zero-order valence-corrected chi connectivity index (χ0v) is 12.0. The van der Waals surface area contributed by atoms with E-state index in [-0.39, 0.29) is 11.9 Å². The molecule has 18 heavy (non-hydrogen) atoms. The van der Waals surface area contributed by atoms with E-state index in [4.69, 9.17) is 5.73 Å². The van der Waals surface area contributed by atoms with Crippen LogP contribution in [0.25, 0.3) is 0 Å². The molecule has 1 atom stereocenters. The van der Waals surface area contributed by atoms with Gasteiger partial charge in [0.25, 0.3) is 0 Å². The summed E-state index contributed by atoms with van der Waals surface area (Å²) in [5, 5.41) is 0. The van der Waals surface area contributed by atoms with Crippen LogP contribution in [-0.2, 0) is 0 Å². The van der Waals surface area contributed by atoms with Crippen LogP contribution < -0.4 is 5.73 Å². The molecule has 0 bridgehead atoms. The van der Waals surface area contributed by atoms with Crippen LogP contribution in [0.15, 0.2) is 40.9 Å². The van der Waals surface area contributed by atoms with Crippen molar-refractivity contribution in [2.45, 2.75) is 19.9 Å². The second kappa shape index (κ2) is 5.21. The summed E-state index contributed by atoms with van der Waals surface area (Å²) < 4.78 is 14.1. The topological polar surface area (TPSA) is 26.0 Å². The number of benzene rings is 2. The number of rotatable bonds is 2. The van der Waals surface area contributed by atoms with Crippen molar-refractivity contribution in [1.82, 2.24) is 0 Å². The average molecular weight is 308 g/mol. The minimum atomic E-state index is -0.250. The molecular formula is C15H15BrFN. The van der Waals surface area contributed by atoms with Crippen molar-refractivity contribution in [2.24, 2.45) is 5.73 Å². The molecule has 0 aromatic heterocycles. The first-order valence-electron chi connectivity index (χ1n) is 5.76. The fourth-order valence-corrected chi connectivity index (χ4v) is 2.55. The molecule has 2 aromatic rings. The molecule has 0 spiro atoms. The molecule has 1 nitrogen and oxygen atoms in total. The van der Waals surface area contributed by atoms with Gasteiger partial charge in [-0.15, -0.1) is 0 Å². The normalized spacial score (nSPS) is 12.5. The molecular weight excluding hydrogens is 293 g/mol. The van der Waals surface area contributed by atoms with Gasteiger partial charge in [-0.1, -0.05) is 39.7 Å². The predicted octanol–water partition coefficient (Wildman–Crippen LogP) is 4.25. The van der Waals surface area contributed by atoms with Crippen molar-refractivity contribution in [3.8, 4) is 0 Å². The fraction of sp³-hybridized carbons (Fsp3) is 0.200. The van der Waals surface area contributed by atoms with Gasteiger partial charge in [-0.05, 0) is 48.7 Å². The number of nitrogens with two attached hydrogens (primary N) is 1. The molecule has 3 heteroatoms. The molecule has 0 saturated heterocycles. The van der Waals surface area contributed by atoms with E-state index in [1.807, 2.05) is 26.0 Å². The maximum atomic E-state index is 13.1. The van der Waals surface area contributed by atoms with Crippen molar-refractivity contribution in [1.29, 1.82) is 0 Å². The van der Waals surface area contributed by atoms with Crippen molar-refractivity contribution in [2.75, 3.05) is 0 Å². The molecule has 0 aliphatic carbocycles. The molecule has 0 aliphatic rings. The van der Waals surface area contributed by atoms with E-state index in [1.165, 1.54) is 12.1 Å². The standard InChI is InChI=1S/C15H15BrFN/c1-9-3-6-14(16)13(7-9)15(18)12-5-4-11(17)8-10(12)2/h3-8,15H,18H2,1-2H3. The quantitative estimate of drug-likeness (QED) is 0.881. The average Bonchev–Trinajstić information content (AvgIpc) is 2.31. The third kappa shape index (κ3) is 2.62. The Labute approximate surface area is 115 Å². The first-order valence-corrected chi connectivity index (χ1v) is 6.56. The Morgan fingerprint density at radius 3 is 2.44 bits per heavy atom. The smallest absolute Gasteiger partial charge is 0.123 e. The van der Waals surface area contributed by atoms with E-state index in [9.17, 15) is 4.39 Å². The largest absolute Gasteiger partial charge is 0.320 e. The summed E-state index contributed by atoms with van der Waals surface area (Å²) in [5.41, 5.74) is 10.3. The van der Waals surface area contributed by atoms with Crippen LogP contribution in [-0.4, -0.2) is 0 Å². The van der Waals surface area contributed by atoms with Gasteiger partial charge in [0.15, 0.2) is 0 Å². The fourth-order valence-electron chi connectivity index (χ4n) is 2.06. The molecule has 0 aliphatic heterocycles. The molecule has 0 saturated carbocycles. The monoisotopic (exact) mass is 307 g/mol. The molecule has 94 valence electrons. The highest BCUT2D eigenvalue weighted by atomic mass is 79.9. The van der Waals surface area contributed by atoms with Crippen LogP contribution in [0.2, 0.25) is 0 Å². The summed E-state index contributed by atoms with van der Waals surface area (Å²) >= 11 is 3.51. The van der Waals surface area contributed by atoms with Gasteiger partial charge in [0.05, 0.1) is 6.04 Å². The highest BCUT2D eigenvalue weighted by Crippen LogP contribution is 2.29. The van der Waals surface area contributed by atoms with Gasteiger partial charge in [0.1, 0.15) is 5.82 Å². The Hall–Kier alpha value is -1.19. The van der Waals surface area contributed by atoms with Gasteiger partial charge >= 0.3 is 0 Å². The first kappa shape index (κ1) is 13.2. The van der Waals surface area contributed by atoms with Gasteiger partial charge in [-0.25, -0.2) is 4.39 Å². The lowest BCUT2D eigenvalue weighted by atomic mass is 9.95. The third-order valence-electron chi connectivity index (χ3n) is 3.05. The van der Waals surface area contributed by atoms with Crippen molar-refractivity contribution in [3.63, 3.8) is 0 Å². The van der Waals surface area contributed by atoms with E-state index >= 15 is 0 Å². The highest BCUT2D eigenvalue weighted by molar-refractivity contribution is 9.10. The van der Waals surface area contributed by atoms with Gasteiger partial charge in [-0.2, -0.15) is 0 Å². The molecule has 2 aromatic carbocycles. The van der Waals surface area contributed by atoms with Gasteiger partial charge in [0, 0.05) is 4.47 Å². The van der Waals surface area contributed by atoms with Crippen molar-refractivity contribution >= 4 is 15.9 Å². The lowest BCUT2D eigenvalue weighted by Gasteiger charge is -2.17. The lowest BCUT2D eigenvalue weighted by molar-refractivity contribution is 0.624. The van der Waals surface area contributed by atoms with Gasteiger partial charge in [-0.3, -0.25) is 0 Å². The van der Waals surface area contributed by atoms with Gasteiger partial charge in [0.2, 0.25) is 0 Å². The summed E-state index contributed by atoms with van der Waals surface area (Å²) in [5.74, 6) is -0.230. The maximum absolute atomic E-state index is 13.1. The number of hydrogen-bond donors (Lipinski definition) is 1. The number of hydrogen-bond acceptors (Lipinski definition) is 1. The first-order chi connectivity index (χ1) is 8.49. The van der Waals surface area contributed by atoms with Crippen LogP contribution in [0, 0.1) is 19.7 Å². The lowest BCUT2D eigenvalue weighted by Crippen LogP contribution is -2.14. The van der Waals surface area contributed by atoms with E-state index in [2.05, 4.69) is 22.0 Å². The zero-order chi connectivity index (χ0) is 13.3. The zero-order valence-electron chi connectivity index (χ0n) is 10.4. The molecule has 2 rings (SSSR count). The molecule has 0 amide bonds. The summed E-state index contributed by atoms with van der Waals surface area (Å²) in [7, 11) is 0. The Bertz CT molecular complexity index is 581. The Morgan fingerprint density at radius 1 is 1.06 bits per heavy atom. The molecule has 2 N–H and O–H groups in total. The van der Waals surface area contributed by atoms with Crippen molar-refractivity contribution < 1.29 is 4.39 Å². The summed E-state index contributed by atoms with van der Waals surface area (Å²) in [6, 6.07) is 10.5. The Morgan fingerprint density at radius 2 is 1.78 bits per heavy atom. The van der Waals surface area contributed by atoms with Gasteiger partial charge < -0.3 is 5.73 Å². The molecule has 1 unspecified atom stereocenters. The second-order valence-electron chi connectivity index (χ2n) is 4.50. The Kier molecular flexibility index (Phi) is 3.83. The minimum absolute atomic E-state index is 0.230. The highest BCUT2D eigenvalue weighted by Gasteiger charge is 2.14. The summed E-state index contributed by atoms with van der Waals surface area (Å²) in [6.07, 6.45) is 0. The number of halogens is 2. The second-order valence-corrected chi connectivity index (χ2v) is 5.36. The van der Waals surface area contributed by atoms with Crippen LogP contribution in [0.3, 0.4) is 0 Å². The molecule has 0 heterocycles. The van der Waals surface area contributed by atoms with Crippen LogP contribution in [0.4, 0.5) is 4.39 Å². The third-order valence-corrected chi connectivity index (χ3v) is 3.78. The minimum Gasteiger partial charge on any atom is -0.320 e. The van der Waals surface area contributed by atoms with E-state index in [1.54, 1.807) is 6.07 Å². The van der Waals surface area contributed by atoms with Crippen LogP contribution in [0.5, 0.6) is 0 Å². The molecule has 0 fully saturated rings. The van der Waals surface area contributed by atoms with E-state index < -0.39 is 0 Å². The summed E-state index contributed by atoms with van der Waals surface area (Å²) in [4.78, 5) is 0. The van der Waals surface area contributed by atoms with Crippen molar-refractivity contribution in [3.05, 3.63) is 68.9 Å². The van der Waals surface area contributed by atoms with Crippen LogP contribution >= 0.6 is 15.9 Å². The Balaban J connectivity index is 2.47. The van der Waals surface area contributed by atoms with E-state index in [0.29, 0.717) is 0 Å². The SMILES string of the molecule is Cc1ccc(Br)c(C(N)c2ccc(F)cc2C)c1. The summed E-state index contributed by atoms with van der Waals surface area (Å²) in [6.45, 7) is 3.90. The number of aryl methyl sites for hydroxylation is 2. The molecule has 0 radical (unpaired) electrons. The van der Waals surface area contributed by atoms with Crippen LogP contribution in [0.1, 0.15) is 28.3 Å². The van der Waals surface area contributed by atoms with E-state index in [0.717, 1.165) is 26.7 Å².